The molecule has 78 valence electrons. The highest BCUT2D eigenvalue weighted by molar-refractivity contribution is 5.85. The number of rotatable bonds is 3. The molecular formula is C10H14ClNO2. The molecule has 0 aliphatic rings. The Kier molecular flexibility index (Phi) is 2.94. The smallest absolute Gasteiger partial charge is 0.322 e. The van der Waals surface area contributed by atoms with Crippen molar-refractivity contribution in [2.75, 3.05) is 7.11 Å². The zero-order valence-corrected chi connectivity index (χ0v) is 8.40. The van der Waals surface area contributed by atoms with E-state index in [1.54, 1.807) is 0 Å². The van der Waals surface area contributed by atoms with Gasteiger partial charge in [0.1, 0.15) is 6.04 Å². The molecule has 2 N–H and O–H groups in total. The quantitative estimate of drug-likeness (QED) is 0.778. The average Bonchev–Trinajstić information content (AvgIpc) is 2.37. The first-order valence-corrected chi connectivity index (χ1v) is 3.70. The Bertz CT molecular complexity index is 468. The highest BCUT2D eigenvalue weighted by Gasteiger charge is 2.13. The predicted molar refractivity (Wildman–Crippen MR) is 57.4 cm³/mol. The number of esters is 1. The Morgan fingerprint density at radius 1 is 1.57 bits per heavy atom. The minimum Gasteiger partial charge on any atom is -0.468 e. The van der Waals surface area contributed by atoms with E-state index in [4.69, 9.17) is 12.6 Å². The molecule has 4 heteroatoms. The fourth-order valence-corrected chi connectivity index (χ4v) is 0.833. The van der Waals surface area contributed by atoms with Gasteiger partial charge in [-0.3, -0.25) is 4.79 Å². The molecule has 0 heterocycles. The van der Waals surface area contributed by atoms with E-state index < -0.39 is 30.1 Å². The zero-order valence-electron chi connectivity index (χ0n) is 12.6. The summed E-state index contributed by atoms with van der Waals surface area (Å²) in [5.41, 5.74) is 5.54. The van der Waals surface area contributed by atoms with Crippen LogP contribution in [0, 0.1) is 0 Å². The van der Waals surface area contributed by atoms with Gasteiger partial charge in [0.2, 0.25) is 0 Å². The van der Waals surface area contributed by atoms with E-state index in [-0.39, 0.29) is 36.5 Å². The summed E-state index contributed by atoms with van der Waals surface area (Å²) in [6, 6.07) is -3.11. The van der Waals surface area contributed by atoms with Gasteiger partial charge in [-0.15, -0.1) is 12.4 Å². The van der Waals surface area contributed by atoms with Crippen molar-refractivity contribution in [3.8, 4) is 0 Å². The molecular weight excluding hydrogens is 202 g/mol. The molecule has 1 atom stereocenters. The topological polar surface area (TPSA) is 52.3 Å². The summed E-state index contributed by atoms with van der Waals surface area (Å²) in [5, 5.41) is 0. The number of nitrogens with two attached hydrogens (primary N) is 1. The maximum Gasteiger partial charge on any atom is 0.322 e. The molecule has 0 aromatic heterocycles. The van der Waals surface area contributed by atoms with Crippen LogP contribution in [-0.2, 0) is 16.0 Å². The number of ether oxygens (including phenoxy) is 1. The van der Waals surface area contributed by atoms with Crippen LogP contribution in [0.15, 0.2) is 30.2 Å². The molecule has 1 rings (SSSR count). The molecule has 0 saturated heterocycles. The van der Waals surface area contributed by atoms with Gasteiger partial charge < -0.3 is 10.5 Å². The Labute approximate surface area is 96.7 Å². The second-order valence-corrected chi connectivity index (χ2v) is 2.44. The lowest BCUT2D eigenvalue weighted by Crippen LogP contribution is -2.33. The lowest BCUT2D eigenvalue weighted by Gasteiger charge is -2.08. The van der Waals surface area contributed by atoms with E-state index in [1.807, 2.05) is 0 Å². The van der Waals surface area contributed by atoms with Crippen molar-refractivity contribution in [2.24, 2.45) is 5.73 Å². The minimum absolute atomic E-state index is 0. The molecule has 0 unspecified atom stereocenters. The standard InChI is InChI=1S/C10H13NO2.ClH/c1-13-10(12)9(11)7-8-5-3-2-4-6-8;/h2-6,9H,7,11H2,1H3;1H/t9-;/m0./s1/i2D,3D,4D,5D,6D;. The third-order valence-electron chi connectivity index (χ3n) is 1.48. The van der Waals surface area contributed by atoms with Crippen LogP contribution in [0.4, 0.5) is 0 Å². The van der Waals surface area contributed by atoms with Crippen molar-refractivity contribution >= 4 is 18.4 Å². The minimum atomic E-state index is -1.06. The van der Waals surface area contributed by atoms with Crippen LogP contribution in [0.5, 0.6) is 0 Å². The normalized spacial score (nSPS) is 16.3. The number of methoxy groups -OCH3 is 1. The van der Waals surface area contributed by atoms with Crippen molar-refractivity contribution in [3.63, 3.8) is 0 Å². The Hall–Kier alpha value is -1.06. The van der Waals surface area contributed by atoms with Gasteiger partial charge >= 0.3 is 5.97 Å². The van der Waals surface area contributed by atoms with Gasteiger partial charge in [-0.2, -0.15) is 0 Å². The van der Waals surface area contributed by atoms with Gasteiger partial charge in [0, 0.05) is 0 Å². The molecule has 0 aliphatic carbocycles. The summed E-state index contributed by atoms with van der Waals surface area (Å²) in [7, 11) is 1.17. The fourth-order valence-electron chi connectivity index (χ4n) is 0.833. The largest absolute Gasteiger partial charge is 0.468 e. The maximum atomic E-state index is 11.2. The molecule has 3 nitrogen and oxygen atoms in total. The summed E-state index contributed by atoms with van der Waals surface area (Å²) >= 11 is 0. The van der Waals surface area contributed by atoms with Crippen molar-refractivity contribution < 1.29 is 16.4 Å². The van der Waals surface area contributed by atoms with Crippen molar-refractivity contribution in [3.05, 3.63) is 35.8 Å². The summed E-state index contributed by atoms with van der Waals surface area (Å²) in [6.45, 7) is 0. The first-order valence-electron chi connectivity index (χ1n) is 6.20. The first kappa shape index (κ1) is 6.43. The van der Waals surface area contributed by atoms with Crippen molar-refractivity contribution in [1.29, 1.82) is 0 Å². The van der Waals surface area contributed by atoms with Crippen LogP contribution in [0.1, 0.15) is 12.4 Å². The zero-order chi connectivity index (χ0) is 14.0. The number of hydrogen-bond acceptors (Lipinski definition) is 3. The highest BCUT2D eigenvalue weighted by Crippen LogP contribution is 2.02. The molecule has 0 amide bonds. The van der Waals surface area contributed by atoms with Crippen molar-refractivity contribution in [2.45, 2.75) is 12.5 Å². The molecule has 0 fully saturated rings. The summed E-state index contributed by atoms with van der Waals surface area (Å²) < 4.78 is 42.1. The lowest BCUT2D eigenvalue weighted by atomic mass is 10.1. The van der Waals surface area contributed by atoms with Crippen LogP contribution in [-0.4, -0.2) is 19.1 Å². The molecule has 0 radical (unpaired) electrons. The monoisotopic (exact) mass is 220 g/mol. The lowest BCUT2D eigenvalue weighted by molar-refractivity contribution is -0.142. The summed E-state index contributed by atoms with van der Waals surface area (Å²) in [5.74, 6) is -0.693. The molecule has 0 saturated carbocycles. The molecule has 0 aliphatic heterocycles. The van der Waals surface area contributed by atoms with E-state index >= 15 is 0 Å². The van der Waals surface area contributed by atoms with Gasteiger partial charge in [0.05, 0.1) is 14.0 Å². The average molecular weight is 221 g/mol. The van der Waals surface area contributed by atoms with Gasteiger partial charge in [0.25, 0.3) is 0 Å². The number of carbonyl (C=O) groups is 1. The van der Waals surface area contributed by atoms with Crippen LogP contribution in [0.2, 0.25) is 0 Å². The van der Waals surface area contributed by atoms with Gasteiger partial charge in [0.15, 0.2) is 0 Å². The second-order valence-electron chi connectivity index (χ2n) is 2.44. The molecule has 1 aromatic rings. The fraction of sp³-hybridized carbons (Fsp3) is 0.300. The predicted octanol–water partition coefficient (Wildman–Crippen LogP) is 1.15. The van der Waals surface area contributed by atoms with E-state index in [0.29, 0.717) is 0 Å². The molecule has 1 aromatic carbocycles. The summed E-state index contributed by atoms with van der Waals surface area (Å²) in [4.78, 5) is 11.2. The SMILES string of the molecule is Cl.[2H]c1c([2H])c([2H])c(C[C@H](N)C(=O)OC)c([2H])c1[2H]. The van der Waals surface area contributed by atoms with Crippen LogP contribution in [0.3, 0.4) is 0 Å². The number of benzene rings is 1. The third kappa shape index (κ3) is 3.77. The maximum absolute atomic E-state index is 11.2. The van der Waals surface area contributed by atoms with E-state index in [1.165, 1.54) is 7.11 Å². The van der Waals surface area contributed by atoms with Gasteiger partial charge in [-0.1, -0.05) is 30.2 Å². The van der Waals surface area contributed by atoms with Crippen LogP contribution >= 0.6 is 12.4 Å². The Morgan fingerprint density at radius 3 is 2.64 bits per heavy atom. The van der Waals surface area contributed by atoms with E-state index in [2.05, 4.69) is 4.74 Å². The summed E-state index contributed by atoms with van der Waals surface area (Å²) in [6.07, 6.45) is -0.164. The Balaban J connectivity index is 0.00000324. The second kappa shape index (κ2) is 6.40. The number of carbonyl (C=O) groups excluding carboxylic acids is 1. The molecule has 14 heavy (non-hydrogen) atoms. The highest BCUT2D eigenvalue weighted by atomic mass is 35.5. The molecule has 0 bridgehead atoms. The number of hydrogen-bond donors (Lipinski definition) is 1. The van der Waals surface area contributed by atoms with E-state index in [0.717, 1.165) is 0 Å². The van der Waals surface area contributed by atoms with Crippen LogP contribution in [0.25, 0.3) is 0 Å². The van der Waals surface area contributed by atoms with Gasteiger partial charge in [-0.05, 0) is 12.0 Å². The van der Waals surface area contributed by atoms with Crippen molar-refractivity contribution in [1.82, 2.24) is 0 Å². The number of halogens is 1. The molecule has 0 spiro atoms. The first-order chi connectivity index (χ1) is 8.31. The Morgan fingerprint density at radius 2 is 2.14 bits per heavy atom. The third-order valence-corrected chi connectivity index (χ3v) is 1.48. The van der Waals surface area contributed by atoms with Crippen LogP contribution < -0.4 is 5.73 Å². The van der Waals surface area contributed by atoms with Gasteiger partial charge in [-0.25, -0.2) is 0 Å². The van der Waals surface area contributed by atoms with E-state index in [9.17, 15) is 4.79 Å².